The van der Waals surface area contributed by atoms with Gasteiger partial charge in [0.05, 0.1) is 22.0 Å². The van der Waals surface area contributed by atoms with Gasteiger partial charge in [0.2, 0.25) is 0 Å². The zero-order valence-electron chi connectivity index (χ0n) is 14.6. The van der Waals surface area contributed by atoms with E-state index in [0.29, 0.717) is 24.2 Å². The number of nitrogens with one attached hydrogen (secondary N) is 1. The van der Waals surface area contributed by atoms with E-state index < -0.39 is 11.7 Å². The summed E-state index contributed by atoms with van der Waals surface area (Å²) in [6.07, 6.45) is -2.92. The third-order valence-corrected chi connectivity index (χ3v) is 5.13. The normalized spacial score (nSPS) is 13.5. The van der Waals surface area contributed by atoms with Gasteiger partial charge in [-0.1, -0.05) is 36.7 Å². The van der Waals surface area contributed by atoms with Gasteiger partial charge in [-0.25, -0.2) is 4.68 Å². The molecule has 0 fully saturated rings. The van der Waals surface area contributed by atoms with Gasteiger partial charge in [0.15, 0.2) is 0 Å². The van der Waals surface area contributed by atoms with Crippen LogP contribution < -0.4 is 5.32 Å². The van der Waals surface area contributed by atoms with E-state index in [0.717, 1.165) is 41.2 Å². The van der Waals surface area contributed by atoms with Crippen LogP contribution in [0.1, 0.15) is 23.6 Å². The van der Waals surface area contributed by atoms with Crippen molar-refractivity contribution in [3.63, 3.8) is 0 Å². The summed E-state index contributed by atoms with van der Waals surface area (Å²) in [4.78, 5) is 0. The number of rotatable bonds is 3. The lowest BCUT2D eigenvalue weighted by atomic mass is 10.0. The maximum absolute atomic E-state index is 13.2. The van der Waals surface area contributed by atoms with Crippen LogP contribution in [0.25, 0.3) is 16.9 Å². The fourth-order valence-corrected chi connectivity index (χ4v) is 3.67. The summed E-state index contributed by atoms with van der Waals surface area (Å²) in [6, 6.07) is 11.2. The van der Waals surface area contributed by atoms with Crippen LogP contribution >= 0.6 is 11.6 Å². The Morgan fingerprint density at radius 3 is 2.70 bits per heavy atom. The van der Waals surface area contributed by atoms with Gasteiger partial charge in [-0.05, 0) is 42.7 Å². The number of benzene rings is 2. The molecule has 0 aliphatic carbocycles. The molecular weight excluding hydrogens is 375 g/mol. The summed E-state index contributed by atoms with van der Waals surface area (Å²) in [5, 5.41) is 8.23. The van der Waals surface area contributed by atoms with E-state index in [-0.39, 0.29) is 5.02 Å². The molecule has 7 heteroatoms. The second kappa shape index (κ2) is 6.60. The van der Waals surface area contributed by atoms with Crippen LogP contribution in [0.3, 0.4) is 0 Å². The zero-order chi connectivity index (χ0) is 19.2. The summed E-state index contributed by atoms with van der Waals surface area (Å²) < 4.78 is 41.3. The number of anilines is 1. The van der Waals surface area contributed by atoms with Crippen LogP contribution in [0, 0.1) is 0 Å². The third kappa shape index (κ3) is 3.08. The van der Waals surface area contributed by atoms with Crippen LogP contribution in [0.5, 0.6) is 0 Å². The molecule has 27 heavy (non-hydrogen) atoms. The average molecular weight is 392 g/mol. The molecule has 1 aliphatic heterocycles. The standard InChI is InChI=1S/C20H17ClF3N3/c1-2-12-5-3-4-6-17(12)27-19-14(9-10-25-19)18(26-27)15-11-13(20(22,23)24)7-8-16(15)21/h3-8,11,25H,2,9-10H2,1H3. The maximum atomic E-state index is 13.2. The van der Waals surface area contributed by atoms with Crippen LogP contribution in [-0.2, 0) is 19.0 Å². The largest absolute Gasteiger partial charge is 0.416 e. The minimum Gasteiger partial charge on any atom is -0.369 e. The Morgan fingerprint density at radius 2 is 1.96 bits per heavy atom. The van der Waals surface area contributed by atoms with E-state index in [2.05, 4.69) is 17.3 Å². The number of aryl methyl sites for hydroxylation is 1. The maximum Gasteiger partial charge on any atom is 0.416 e. The molecule has 0 amide bonds. The Kier molecular flexibility index (Phi) is 4.38. The number of hydrogen-bond acceptors (Lipinski definition) is 2. The van der Waals surface area contributed by atoms with Gasteiger partial charge in [-0.2, -0.15) is 18.3 Å². The molecule has 0 atom stereocenters. The number of halogens is 4. The highest BCUT2D eigenvalue weighted by Crippen LogP contribution is 2.40. The highest BCUT2D eigenvalue weighted by molar-refractivity contribution is 6.33. The quantitative estimate of drug-likeness (QED) is 0.616. The Balaban J connectivity index is 1.92. The van der Waals surface area contributed by atoms with Crippen LogP contribution in [0.2, 0.25) is 5.02 Å². The van der Waals surface area contributed by atoms with Crippen molar-refractivity contribution in [2.24, 2.45) is 0 Å². The molecule has 0 bridgehead atoms. The fourth-order valence-electron chi connectivity index (χ4n) is 3.46. The van der Waals surface area contributed by atoms with Crippen LogP contribution in [-0.4, -0.2) is 16.3 Å². The van der Waals surface area contributed by atoms with Gasteiger partial charge in [0, 0.05) is 17.7 Å². The average Bonchev–Trinajstić information content (AvgIpc) is 3.24. The summed E-state index contributed by atoms with van der Waals surface area (Å²) in [5.74, 6) is 0.819. The lowest BCUT2D eigenvalue weighted by molar-refractivity contribution is -0.137. The van der Waals surface area contributed by atoms with Gasteiger partial charge < -0.3 is 5.32 Å². The highest BCUT2D eigenvalue weighted by atomic mass is 35.5. The van der Waals surface area contributed by atoms with E-state index in [9.17, 15) is 13.2 Å². The van der Waals surface area contributed by atoms with Gasteiger partial charge in [0.1, 0.15) is 5.82 Å². The van der Waals surface area contributed by atoms with Crippen molar-refractivity contribution in [1.82, 2.24) is 9.78 Å². The smallest absolute Gasteiger partial charge is 0.369 e. The molecule has 3 nitrogen and oxygen atoms in total. The topological polar surface area (TPSA) is 29.9 Å². The Labute approximate surface area is 159 Å². The number of aromatic nitrogens is 2. The monoisotopic (exact) mass is 391 g/mol. The number of alkyl halides is 3. The van der Waals surface area contributed by atoms with E-state index in [1.807, 2.05) is 24.3 Å². The highest BCUT2D eigenvalue weighted by Gasteiger charge is 2.32. The van der Waals surface area contributed by atoms with E-state index >= 15 is 0 Å². The molecule has 0 saturated heterocycles. The predicted octanol–water partition coefficient (Wildman–Crippen LogP) is 5.74. The van der Waals surface area contributed by atoms with Gasteiger partial charge in [-0.3, -0.25) is 0 Å². The van der Waals surface area contributed by atoms with E-state index in [1.54, 1.807) is 4.68 Å². The van der Waals surface area contributed by atoms with Crippen molar-refractivity contribution in [2.45, 2.75) is 25.9 Å². The molecular formula is C20H17ClF3N3. The minimum absolute atomic E-state index is 0.256. The molecule has 1 aliphatic rings. The molecule has 1 N–H and O–H groups in total. The Morgan fingerprint density at radius 1 is 1.19 bits per heavy atom. The van der Waals surface area contributed by atoms with Gasteiger partial charge in [0.25, 0.3) is 0 Å². The first-order valence-corrected chi connectivity index (χ1v) is 9.09. The molecule has 2 aromatic carbocycles. The molecule has 0 saturated carbocycles. The van der Waals surface area contributed by atoms with Crippen LogP contribution in [0.4, 0.5) is 19.0 Å². The van der Waals surface area contributed by atoms with Crippen molar-refractivity contribution in [3.8, 4) is 16.9 Å². The molecule has 4 rings (SSSR count). The predicted molar refractivity (Wildman–Crippen MR) is 101 cm³/mol. The van der Waals surface area contributed by atoms with Crippen molar-refractivity contribution >= 4 is 17.4 Å². The number of hydrogen-bond donors (Lipinski definition) is 1. The molecule has 140 valence electrons. The Bertz CT molecular complexity index is 1010. The zero-order valence-corrected chi connectivity index (χ0v) is 15.3. The van der Waals surface area contributed by atoms with E-state index in [1.165, 1.54) is 6.07 Å². The van der Waals surface area contributed by atoms with Crippen LogP contribution in [0.15, 0.2) is 42.5 Å². The minimum atomic E-state index is -4.43. The Hall–Kier alpha value is -2.47. The fraction of sp³-hybridized carbons (Fsp3) is 0.250. The number of nitrogens with zero attached hydrogens (tertiary/aromatic N) is 2. The molecule has 0 unspecified atom stereocenters. The molecule has 3 aromatic rings. The third-order valence-electron chi connectivity index (χ3n) is 4.80. The van der Waals surface area contributed by atoms with Gasteiger partial charge >= 0.3 is 6.18 Å². The summed E-state index contributed by atoms with van der Waals surface area (Å²) in [7, 11) is 0. The van der Waals surface area contributed by atoms with Crippen molar-refractivity contribution in [1.29, 1.82) is 0 Å². The lowest BCUT2D eigenvalue weighted by Gasteiger charge is -2.11. The van der Waals surface area contributed by atoms with E-state index in [4.69, 9.17) is 11.6 Å². The molecule has 0 spiro atoms. The summed E-state index contributed by atoms with van der Waals surface area (Å²) >= 11 is 6.26. The summed E-state index contributed by atoms with van der Waals surface area (Å²) in [5.41, 5.74) is 2.99. The first-order chi connectivity index (χ1) is 12.9. The first-order valence-electron chi connectivity index (χ1n) is 8.71. The van der Waals surface area contributed by atoms with Crippen molar-refractivity contribution in [3.05, 3.63) is 64.2 Å². The molecule has 1 aromatic heterocycles. The van der Waals surface area contributed by atoms with Gasteiger partial charge in [-0.15, -0.1) is 0 Å². The SMILES string of the molecule is CCc1ccccc1-n1nc(-c2cc(C(F)(F)F)ccc2Cl)c2c1NCC2. The lowest BCUT2D eigenvalue weighted by Crippen LogP contribution is -2.07. The van der Waals surface area contributed by atoms with Crippen molar-refractivity contribution < 1.29 is 13.2 Å². The molecule has 2 heterocycles. The summed E-state index contributed by atoms with van der Waals surface area (Å²) in [6.45, 7) is 2.77. The second-order valence-corrected chi connectivity index (χ2v) is 6.85. The number of fused-ring (bicyclic) bond motifs is 1. The van der Waals surface area contributed by atoms with Crippen molar-refractivity contribution in [2.75, 3.05) is 11.9 Å². The number of para-hydroxylation sites is 1. The first kappa shape index (κ1) is 17.9. The molecule has 0 radical (unpaired) electrons. The second-order valence-electron chi connectivity index (χ2n) is 6.44.